The number of nitrogens with one attached hydrogen (secondary N) is 1. The van der Waals surface area contributed by atoms with Crippen molar-refractivity contribution in [1.82, 2.24) is 9.88 Å². The predicted molar refractivity (Wildman–Crippen MR) is 72.8 cm³/mol. The van der Waals surface area contributed by atoms with E-state index in [4.69, 9.17) is 0 Å². The van der Waals surface area contributed by atoms with Crippen LogP contribution in [0.5, 0.6) is 0 Å². The van der Waals surface area contributed by atoms with E-state index in [0.717, 1.165) is 22.5 Å². The first-order chi connectivity index (χ1) is 8.16. The molecule has 1 saturated heterocycles. The number of thiazole rings is 1. The second-order valence-corrected chi connectivity index (χ2v) is 6.07. The summed E-state index contributed by atoms with van der Waals surface area (Å²) < 4.78 is 0. The second kappa shape index (κ2) is 5.55. The number of hydrogen-bond acceptors (Lipinski definition) is 5. The molecule has 0 spiro atoms. The average molecular weight is 269 g/mol. The SMILES string of the molecule is CC(C)CN1CSC(=CNc2nccs2)C1=O. The molecule has 1 N–H and O–H groups in total. The molecule has 1 aliphatic heterocycles. The zero-order valence-electron chi connectivity index (χ0n) is 9.84. The van der Waals surface area contributed by atoms with Gasteiger partial charge in [-0.05, 0) is 5.92 Å². The van der Waals surface area contributed by atoms with E-state index in [9.17, 15) is 4.79 Å². The van der Waals surface area contributed by atoms with Crippen LogP contribution in [0, 0.1) is 5.92 Å². The third-order valence-electron chi connectivity index (χ3n) is 2.22. The Labute approximate surface area is 109 Å². The Morgan fingerprint density at radius 1 is 1.65 bits per heavy atom. The predicted octanol–water partition coefficient (Wildman–Crippen LogP) is 2.59. The minimum absolute atomic E-state index is 0.118. The molecule has 4 nitrogen and oxygen atoms in total. The van der Waals surface area contributed by atoms with Gasteiger partial charge in [-0.3, -0.25) is 4.79 Å². The summed E-state index contributed by atoms with van der Waals surface area (Å²) in [5.74, 6) is 1.38. The quantitative estimate of drug-likeness (QED) is 0.853. The van der Waals surface area contributed by atoms with Crippen molar-refractivity contribution < 1.29 is 4.79 Å². The molecule has 2 rings (SSSR count). The van der Waals surface area contributed by atoms with Gasteiger partial charge in [0.25, 0.3) is 5.91 Å². The summed E-state index contributed by atoms with van der Waals surface area (Å²) >= 11 is 3.09. The first kappa shape index (κ1) is 12.4. The first-order valence-corrected chi connectivity index (χ1v) is 7.31. The average Bonchev–Trinajstić information content (AvgIpc) is 2.88. The van der Waals surface area contributed by atoms with Gasteiger partial charge in [-0.15, -0.1) is 11.3 Å². The van der Waals surface area contributed by atoms with E-state index in [1.165, 1.54) is 11.3 Å². The van der Waals surface area contributed by atoms with Crippen molar-refractivity contribution in [1.29, 1.82) is 0 Å². The fourth-order valence-corrected chi connectivity index (χ4v) is 2.94. The van der Waals surface area contributed by atoms with Gasteiger partial charge in [0.2, 0.25) is 0 Å². The van der Waals surface area contributed by atoms with E-state index in [1.807, 2.05) is 10.3 Å². The third-order valence-corrected chi connectivity index (χ3v) is 3.97. The monoisotopic (exact) mass is 269 g/mol. The molecule has 0 atom stereocenters. The summed E-state index contributed by atoms with van der Waals surface area (Å²) in [6.45, 7) is 5.06. The number of carbonyl (C=O) groups excluding carboxylic acids is 1. The van der Waals surface area contributed by atoms with Gasteiger partial charge in [-0.25, -0.2) is 4.98 Å². The highest BCUT2D eigenvalue weighted by Crippen LogP contribution is 2.28. The summed E-state index contributed by atoms with van der Waals surface area (Å²) in [5, 5.41) is 5.76. The lowest BCUT2D eigenvalue weighted by molar-refractivity contribution is -0.125. The first-order valence-electron chi connectivity index (χ1n) is 5.45. The maximum Gasteiger partial charge on any atom is 0.262 e. The van der Waals surface area contributed by atoms with E-state index < -0.39 is 0 Å². The number of nitrogens with zero attached hydrogens (tertiary/aromatic N) is 2. The molecule has 1 fully saturated rings. The number of hydrogen-bond donors (Lipinski definition) is 1. The Kier molecular flexibility index (Phi) is 4.06. The summed E-state index contributed by atoms with van der Waals surface area (Å²) in [6, 6.07) is 0. The van der Waals surface area contributed by atoms with Crippen LogP contribution in [0.3, 0.4) is 0 Å². The summed E-state index contributed by atoms with van der Waals surface area (Å²) in [4.78, 5) is 18.7. The smallest absolute Gasteiger partial charge is 0.262 e. The molecule has 92 valence electrons. The van der Waals surface area contributed by atoms with E-state index in [-0.39, 0.29) is 5.91 Å². The van der Waals surface area contributed by atoms with Crippen molar-refractivity contribution in [2.75, 3.05) is 17.7 Å². The number of amides is 1. The standard InChI is InChI=1S/C11H15N3OS2/c1-8(2)6-14-7-17-9(10(14)15)5-13-11-12-3-4-16-11/h3-5,8H,6-7H2,1-2H3,(H,12,13). The van der Waals surface area contributed by atoms with Gasteiger partial charge in [-0.2, -0.15) is 0 Å². The van der Waals surface area contributed by atoms with Gasteiger partial charge in [0.1, 0.15) is 0 Å². The fourth-order valence-electron chi connectivity index (χ4n) is 1.53. The van der Waals surface area contributed by atoms with E-state index in [0.29, 0.717) is 5.92 Å². The van der Waals surface area contributed by atoms with Crippen LogP contribution >= 0.6 is 23.1 Å². The highest BCUT2D eigenvalue weighted by atomic mass is 32.2. The van der Waals surface area contributed by atoms with Crippen LogP contribution in [0.4, 0.5) is 5.13 Å². The summed E-state index contributed by atoms with van der Waals surface area (Å²) in [6.07, 6.45) is 3.49. The Hall–Kier alpha value is -1.01. The Morgan fingerprint density at radius 3 is 3.12 bits per heavy atom. The van der Waals surface area contributed by atoms with Gasteiger partial charge in [-0.1, -0.05) is 25.6 Å². The van der Waals surface area contributed by atoms with Crippen molar-refractivity contribution in [3.63, 3.8) is 0 Å². The molecular formula is C11H15N3OS2. The molecule has 0 saturated carbocycles. The van der Waals surface area contributed by atoms with Crippen molar-refractivity contribution >= 4 is 34.1 Å². The maximum absolute atomic E-state index is 12.0. The lowest BCUT2D eigenvalue weighted by Crippen LogP contribution is -2.29. The van der Waals surface area contributed by atoms with Crippen molar-refractivity contribution in [3.8, 4) is 0 Å². The molecule has 1 amide bonds. The second-order valence-electron chi connectivity index (χ2n) is 4.19. The highest BCUT2D eigenvalue weighted by molar-refractivity contribution is 8.04. The molecule has 0 bridgehead atoms. The van der Waals surface area contributed by atoms with Crippen LogP contribution in [0.15, 0.2) is 22.7 Å². The molecule has 0 aromatic carbocycles. The molecule has 0 radical (unpaired) electrons. The third kappa shape index (κ3) is 3.23. The number of carbonyl (C=O) groups is 1. The van der Waals surface area contributed by atoms with Crippen LogP contribution in [-0.4, -0.2) is 28.2 Å². The normalized spacial score (nSPS) is 18.4. The lowest BCUT2D eigenvalue weighted by Gasteiger charge is -2.16. The van der Waals surface area contributed by atoms with Gasteiger partial charge >= 0.3 is 0 Å². The van der Waals surface area contributed by atoms with Crippen LogP contribution < -0.4 is 5.32 Å². The molecule has 0 aliphatic carbocycles. The van der Waals surface area contributed by atoms with Gasteiger partial charge < -0.3 is 10.2 Å². The van der Waals surface area contributed by atoms with Crippen LogP contribution in [-0.2, 0) is 4.79 Å². The maximum atomic E-state index is 12.0. The van der Waals surface area contributed by atoms with Gasteiger partial charge in [0.15, 0.2) is 5.13 Å². The minimum Gasteiger partial charge on any atom is -0.337 e. The van der Waals surface area contributed by atoms with E-state index in [1.54, 1.807) is 24.2 Å². The molecule has 17 heavy (non-hydrogen) atoms. The molecule has 1 aromatic heterocycles. The van der Waals surface area contributed by atoms with E-state index >= 15 is 0 Å². The molecule has 6 heteroatoms. The zero-order valence-corrected chi connectivity index (χ0v) is 11.5. The molecule has 1 aliphatic rings. The lowest BCUT2D eigenvalue weighted by atomic mass is 10.2. The largest absolute Gasteiger partial charge is 0.337 e. The highest BCUT2D eigenvalue weighted by Gasteiger charge is 2.26. The summed E-state index contributed by atoms with van der Waals surface area (Å²) in [5.41, 5.74) is 0. The fraction of sp³-hybridized carbons (Fsp3) is 0.455. The number of aromatic nitrogens is 1. The van der Waals surface area contributed by atoms with E-state index in [2.05, 4.69) is 24.1 Å². The molecule has 1 aromatic rings. The van der Waals surface area contributed by atoms with Crippen molar-refractivity contribution in [2.45, 2.75) is 13.8 Å². The van der Waals surface area contributed by atoms with Crippen LogP contribution in [0.1, 0.15) is 13.8 Å². The van der Waals surface area contributed by atoms with Crippen molar-refractivity contribution in [3.05, 3.63) is 22.7 Å². The van der Waals surface area contributed by atoms with Gasteiger partial charge in [0.05, 0.1) is 10.8 Å². The number of rotatable bonds is 4. The van der Waals surface area contributed by atoms with Crippen LogP contribution in [0.25, 0.3) is 0 Å². The van der Waals surface area contributed by atoms with Crippen molar-refractivity contribution in [2.24, 2.45) is 5.92 Å². The zero-order chi connectivity index (χ0) is 12.3. The molecular weight excluding hydrogens is 254 g/mol. The Bertz CT molecular complexity index is 414. The number of anilines is 1. The summed E-state index contributed by atoms with van der Waals surface area (Å²) in [7, 11) is 0. The Balaban J connectivity index is 1.95. The van der Waals surface area contributed by atoms with Crippen LogP contribution in [0.2, 0.25) is 0 Å². The number of thioether (sulfide) groups is 1. The molecule has 2 heterocycles. The molecule has 0 unspecified atom stereocenters. The van der Waals surface area contributed by atoms with Gasteiger partial charge in [0, 0.05) is 24.3 Å². The topological polar surface area (TPSA) is 45.2 Å². The minimum atomic E-state index is 0.118. The Morgan fingerprint density at radius 2 is 2.47 bits per heavy atom.